The maximum Gasteiger partial charge on any atom is 0.310 e. The smallest absolute Gasteiger partial charge is 0.310 e. The zero-order valence-corrected chi connectivity index (χ0v) is 17.6. The normalized spacial score (nSPS) is 11.2. The molecule has 0 unspecified atom stereocenters. The van der Waals surface area contributed by atoms with Crippen molar-refractivity contribution in [2.24, 2.45) is 0 Å². The Morgan fingerprint density at radius 1 is 1.14 bits per heavy atom. The largest absolute Gasteiger partial charge is 0.464 e. The van der Waals surface area contributed by atoms with Crippen molar-refractivity contribution in [1.29, 1.82) is 0 Å². The highest BCUT2D eigenvalue weighted by atomic mass is 16.5. The summed E-state index contributed by atoms with van der Waals surface area (Å²) in [6.07, 6.45) is 1.65. The Morgan fingerprint density at radius 3 is 2.62 bits per heavy atom. The zero-order valence-electron chi connectivity index (χ0n) is 17.6. The molecule has 0 saturated carbocycles. The number of ketones is 1. The number of carbonyl (C=O) groups excluding carboxylic acids is 2. The number of aromatic nitrogens is 1. The molecule has 1 aromatic carbocycles. The second-order valence-corrected chi connectivity index (χ2v) is 7.33. The number of rotatable bonds is 8. The molecule has 0 fully saturated rings. The molecule has 0 aliphatic heterocycles. The van der Waals surface area contributed by atoms with E-state index in [4.69, 9.17) is 13.9 Å². The van der Waals surface area contributed by atoms with Crippen molar-refractivity contribution < 1.29 is 23.5 Å². The second-order valence-electron chi connectivity index (χ2n) is 7.33. The van der Waals surface area contributed by atoms with E-state index < -0.39 is 5.97 Å². The predicted octanol–water partition coefficient (Wildman–Crippen LogP) is 4.08. The van der Waals surface area contributed by atoms with Gasteiger partial charge in [0.25, 0.3) is 0 Å². The number of hydrogen-bond acceptors (Lipinski definition) is 5. The molecule has 0 bridgehead atoms. The third-order valence-electron chi connectivity index (χ3n) is 5.43. The van der Waals surface area contributed by atoms with Gasteiger partial charge in [0.2, 0.25) is 5.78 Å². The van der Waals surface area contributed by atoms with Crippen LogP contribution >= 0.6 is 0 Å². The van der Waals surface area contributed by atoms with Gasteiger partial charge in [-0.25, -0.2) is 0 Å². The number of esters is 1. The van der Waals surface area contributed by atoms with Crippen LogP contribution in [0, 0.1) is 27.7 Å². The second kappa shape index (κ2) is 8.66. The van der Waals surface area contributed by atoms with Crippen LogP contribution in [0.25, 0.3) is 11.0 Å². The highest BCUT2D eigenvalue weighted by Gasteiger charge is 2.18. The molecule has 154 valence electrons. The van der Waals surface area contributed by atoms with Crippen LogP contribution in [0.15, 0.2) is 28.9 Å². The van der Waals surface area contributed by atoms with Crippen LogP contribution in [0.5, 0.6) is 0 Å². The number of ether oxygens (including phenoxy) is 2. The third-order valence-corrected chi connectivity index (χ3v) is 5.43. The van der Waals surface area contributed by atoms with Crippen LogP contribution < -0.4 is 0 Å². The molecule has 3 aromatic rings. The summed E-state index contributed by atoms with van der Waals surface area (Å²) in [5.41, 5.74) is 6.14. The summed E-state index contributed by atoms with van der Waals surface area (Å²) >= 11 is 0. The lowest BCUT2D eigenvalue weighted by molar-refractivity contribution is -0.141. The molecule has 0 aliphatic rings. The Balaban J connectivity index is 1.64. The summed E-state index contributed by atoms with van der Waals surface area (Å²) in [4.78, 5) is 24.9. The average Bonchev–Trinajstić information content (AvgIpc) is 3.22. The van der Waals surface area contributed by atoms with Gasteiger partial charge in [-0.15, -0.1) is 0 Å². The molecule has 0 atom stereocenters. The van der Waals surface area contributed by atoms with E-state index in [0.29, 0.717) is 18.7 Å². The SMILES string of the molecule is COCCn1c(C)cc(C(=O)COC(=O)Cc2coc3c(C)c(C)ccc23)c1C. The van der Waals surface area contributed by atoms with Crippen molar-refractivity contribution in [2.45, 2.75) is 40.7 Å². The maximum absolute atomic E-state index is 12.6. The molecule has 0 spiro atoms. The lowest BCUT2D eigenvalue weighted by atomic mass is 10.0. The monoisotopic (exact) mass is 397 g/mol. The van der Waals surface area contributed by atoms with Crippen molar-refractivity contribution in [3.8, 4) is 0 Å². The fraction of sp³-hybridized carbons (Fsp3) is 0.391. The highest BCUT2D eigenvalue weighted by Crippen LogP contribution is 2.27. The van der Waals surface area contributed by atoms with Gasteiger partial charge in [-0.3, -0.25) is 9.59 Å². The zero-order chi connectivity index (χ0) is 21.1. The number of fused-ring (bicyclic) bond motifs is 1. The van der Waals surface area contributed by atoms with Gasteiger partial charge in [-0.1, -0.05) is 12.1 Å². The van der Waals surface area contributed by atoms with Gasteiger partial charge in [-0.05, 0) is 44.9 Å². The molecule has 0 saturated heterocycles. The lowest BCUT2D eigenvalue weighted by Gasteiger charge is -2.09. The van der Waals surface area contributed by atoms with Crippen molar-refractivity contribution in [1.82, 2.24) is 4.57 Å². The van der Waals surface area contributed by atoms with E-state index in [1.165, 1.54) is 0 Å². The highest BCUT2D eigenvalue weighted by molar-refractivity contribution is 5.99. The Morgan fingerprint density at radius 2 is 1.90 bits per heavy atom. The first-order chi connectivity index (χ1) is 13.8. The van der Waals surface area contributed by atoms with Crippen LogP contribution in [0.2, 0.25) is 0 Å². The predicted molar refractivity (Wildman–Crippen MR) is 110 cm³/mol. The van der Waals surface area contributed by atoms with Crippen molar-refractivity contribution in [3.05, 3.63) is 58.1 Å². The topological polar surface area (TPSA) is 70.7 Å². The number of methoxy groups -OCH3 is 1. The summed E-state index contributed by atoms with van der Waals surface area (Å²) in [6.45, 7) is 8.80. The van der Waals surface area contributed by atoms with Gasteiger partial charge < -0.3 is 18.5 Å². The molecule has 3 rings (SSSR count). The molecule has 0 aliphatic carbocycles. The standard InChI is InChI=1S/C23H27NO5/c1-14-6-7-19-18(12-29-23(19)16(14)3)11-22(26)28-13-21(25)20-10-15(2)24(17(20)4)8-9-27-5/h6-7,10,12H,8-9,11,13H2,1-5H3. The summed E-state index contributed by atoms with van der Waals surface area (Å²) in [6, 6.07) is 5.78. The average molecular weight is 397 g/mol. The summed E-state index contributed by atoms with van der Waals surface area (Å²) in [7, 11) is 1.64. The first kappa shape index (κ1) is 20.9. The van der Waals surface area contributed by atoms with Crippen LogP contribution in [0.4, 0.5) is 0 Å². The number of hydrogen-bond donors (Lipinski definition) is 0. The maximum atomic E-state index is 12.6. The first-order valence-corrected chi connectivity index (χ1v) is 9.64. The van der Waals surface area contributed by atoms with Gasteiger partial charge in [0, 0.05) is 41.6 Å². The van der Waals surface area contributed by atoms with Gasteiger partial charge >= 0.3 is 5.97 Å². The van der Waals surface area contributed by atoms with E-state index >= 15 is 0 Å². The van der Waals surface area contributed by atoms with Crippen LogP contribution in [0.3, 0.4) is 0 Å². The van der Waals surface area contributed by atoms with Crippen molar-refractivity contribution in [2.75, 3.05) is 20.3 Å². The summed E-state index contributed by atoms with van der Waals surface area (Å²) in [5, 5.41) is 0.901. The first-order valence-electron chi connectivity index (χ1n) is 9.64. The molecule has 0 amide bonds. The molecule has 2 heterocycles. The van der Waals surface area contributed by atoms with Crippen LogP contribution in [-0.2, 0) is 27.2 Å². The van der Waals surface area contributed by atoms with Gasteiger partial charge in [0.1, 0.15) is 5.58 Å². The lowest BCUT2D eigenvalue weighted by Crippen LogP contribution is -2.16. The minimum Gasteiger partial charge on any atom is -0.464 e. The van der Waals surface area contributed by atoms with E-state index in [0.717, 1.165) is 39.0 Å². The van der Waals surface area contributed by atoms with E-state index in [1.54, 1.807) is 13.4 Å². The van der Waals surface area contributed by atoms with Crippen LogP contribution in [0.1, 0.15) is 38.4 Å². The molecule has 0 N–H and O–H groups in total. The number of carbonyl (C=O) groups is 2. The van der Waals surface area contributed by atoms with E-state index in [9.17, 15) is 9.59 Å². The van der Waals surface area contributed by atoms with Crippen LogP contribution in [-0.4, -0.2) is 36.6 Å². The Labute approximate surface area is 170 Å². The summed E-state index contributed by atoms with van der Waals surface area (Å²) in [5.74, 6) is -0.661. The van der Waals surface area contributed by atoms with Crippen molar-refractivity contribution >= 4 is 22.7 Å². The fourth-order valence-corrected chi connectivity index (χ4v) is 3.57. The third kappa shape index (κ3) is 4.27. The number of aryl methyl sites for hydroxylation is 3. The molecule has 29 heavy (non-hydrogen) atoms. The number of furan rings is 1. The molecule has 0 radical (unpaired) electrons. The number of Topliss-reactive ketones (excluding diaryl/α,β-unsaturated/α-hetero) is 1. The Bertz CT molecular complexity index is 1060. The van der Waals surface area contributed by atoms with E-state index in [1.807, 2.05) is 50.5 Å². The molecule has 6 heteroatoms. The number of benzene rings is 1. The summed E-state index contributed by atoms with van der Waals surface area (Å²) < 4.78 is 18.0. The molecular weight excluding hydrogens is 370 g/mol. The van der Waals surface area contributed by atoms with Crippen molar-refractivity contribution in [3.63, 3.8) is 0 Å². The van der Waals surface area contributed by atoms with Gasteiger partial charge in [0.15, 0.2) is 6.61 Å². The molecule has 6 nitrogen and oxygen atoms in total. The minimum atomic E-state index is -0.451. The Kier molecular flexibility index (Phi) is 6.23. The molecule has 2 aromatic heterocycles. The quantitative estimate of drug-likeness (QED) is 0.423. The molecular formula is C23H27NO5. The van der Waals surface area contributed by atoms with E-state index in [-0.39, 0.29) is 18.8 Å². The number of nitrogens with zero attached hydrogens (tertiary/aromatic N) is 1. The minimum absolute atomic E-state index is 0.0651. The Hall–Kier alpha value is -2.86. The van der Waals surface area contributed by atoms with Gasteiger partial charge in [-0.2, -0.15) is 0 Å². The fourth-order valence-electron chi connectivity index (χ4n) is 3.57. The van der Waals surface area contributed by atoms with Gasteiger partial charge in [0.05, 0.1) is 19.3 Å². The van der Waals surface area contributed by atoms with E-state index in [2.05, 4.69) is 0 Å².